The highest BCUT2D eigenvalue weighted by molar-refractivity contribution is 5.22. The quantitative estimate of drug-likeness (QED) is 0.851. The normalized spacial score (nSPS) is 12.3. The molecule has 0 aliphatic rings. The minimum atomic E-state index is -0.316. The second-order valence-corrected chi connectivity index (χ2v) is 4.72. The van der Waals surface area contributed by atoms with Crippen LogP contribution in [0.15, 0.2) is 42.6 Å². The Bertz CT molecular complexity index is 525. The minimum absolute atomic E-state index is 0.0603. The van der Waals surface area contributed by atoms with Crippen molar-refractivity contribution in [1.29, 1.82) is 0 Å². The molecule has 2 aromatic rings. The van der Waals surface area contributed by atoms with Crippen molar-refractivity contribution in [1.82, 2.24) is 10.3 Å². The number of aromatic nitrogens is 1. The molecule has 0 spiro atoms. The van der Waals surface area contributed by atoms with Gasteiger partial charge >= 0.3 is 0 Å². The standard InChI is InChI=1S/C16H19FN2O/c1-2-15(16-8-7-14(17)10-19-16)18-9-12-3-5-13(11-20)6-4-12/h3-8,10,15,18,20H,2,9,11H2,1H3. The summed E-state index contributed by atoms with van der Waals surface area (Å²) >= 11 is 0. The summed E-state index contributed by atoms with van der Waals surface area (Å²) in [5, 5.41) is 12.4. The number of pyridine rings is 1. The molecule has 1 unspecified atom stereocenters. The summed E-state index contributed by atoms with van der Waals surface area (Å²) in [6.45, 7) is 2.84. The van der Waals surface area contributed by atoms with Crippen LogP contribution in [-0.4, -0.2) is 10.1 Å². The molecule has 0 saturated heterocycles. The Balaban J connectivity index is 1.97. The molecule has 1 atom stereocenters. The van der Waals surface area contributed by atoms with Crippen molar-refractivity contribution in [2.45, 2.75) is 32.5 Å². The largest absolute Gasteiger partial charge is 0.392 e. The smallest absolute Gasteiger partial charge is 0.141 e. The van der Waals surface area contributed by atoms with E-state index in [9.17, 15) is 4.39 Å². The maximum atomic E-state index is 12.9. The molecule has 2 rings (SSSR count). The lowest BCUT2D eigenvalue weighted by Gasteiger charge is -2.16. The molecule has 106 valence electrons. The van der Waals surface area contributed by atoms with Crippen molar-refractivity contribution in [2.24, 2.45) is 0 Å². The SMILES string of the molecule is CCC(NCc1ccc(CO)cc1)c1ccc(F)cn1. The van der Waals surface area contributed by atoms with Crippen molar-refractivity contribution >= 4 is 0 Å². The summed E-state index contributed by atoms with van der Waals surface area (Å²) in [5.74, 6) is -0.316. The van der Waals surface area contributed by atoms with Crippen LogP contribution in [0, 0.1) is 5.82 Å². The highest BCUT2D eigenvalue weighted by Gasteiger charge is 2.10. The van der Waals surface area contributed by atoms with Gasteiger partial charge in [-0.15, -0.1) is 0 Å². The summed E-state index contributed by atoms with van der Waals surface area (Å²) in [4.78, 5) is 4.12. The molecular formula is C16H19FN2O. The van der Waals surface area contributed by atoms with Gasteiger partial charge in [0.15, 0.2) is 0 Å². The summed E-state index contributed by atoms with van der Waals surface area (Å²) in [6.07, 6.45) is 2.13. The fraction of sp³-hybridized carbons (Fsp3) is 0.312. The Kier molecular flexibility index (Phi) is 5.21. The van der Waals surface area contributed by atoms with Crippen LogP contribution in [0.1, 0.15) is 36.2 Å². The van der Waals surface area contributed by atoms with Crippen molar-refractivity contribution in [2.75, 3.05) is 0 Å². The van der Waals surface area contributed by atoms with Crippen molar-refractivity contribution in [3.05, 3.63) is 65.2 Å². The molecular weight excluding hydrogens is 255 g/mol. The van der Waals surface area contributed by atoms with E-state index in [4.69, 9.17) is 5.11 Å². The molecule has 0 aliphatic heterocycles. The molecule has 1 aromatic carbocycles. The van der Waals surface area contributed by atoms with Gasteiger partial charge in [0.05, 0.1) is 18.5 Å². The van der Waals surface area contributed by atoms with Crippen LogP contribution in [0.25, 0.3) is 0 Å². The lowest BCUT2D eigenvalue weighted by molar-refractivity contribution is 0.282. The summed E-state index contributed by atoms with van der Waals surface area (Å²) in [7, 11) is 0. The number of rotatable bonds is 6. The lowest BCUT2D eigenvalue weighted by atomic mass is 10.1. The van der Waals surface area contributed by atoms with E-state index in [1.807, 2.05) is 24.3 Å². The van der Waals surface area contributed by atoms with Gasteiger partial charge in [0.25, 0.3) is 0 Å². The van der Waals surface area contributed by atoms with E-state index >= 15 is 0 Å². The van der Waals surface area contributed by atoms with Crippen molar-refractivity contribution < 1.29 is 9.50 Å². The fourth-order valence-corrected chi connectivity index (χ4v) is 2.06. The van der Waals surface area contributed by atoms with E-state index in [1.165, 1.54) is 12.3 Å². The molecule has 0 bridgehead atoms. The third-order valence-electron chi connectivity index (χ3n) is 3.27. The van der Waals surface area contributed by atoms with E-state index in [2.05, 4.69) is 17.2 Å². The number of halogens is 1. The Morgan fingerprint density at radius 1 is 1.15 bits per heavy atom. The zero-order valence-corrected chi connectivity index (χ0v) is 11.5. The molecule has 0 saturated carbocycles. The van der Waals surface area contributed by atoms with Gasteiger partial charge in [0.2, 0.25) is 0 Å². The predicted molar refractivity (Wildman–Crippen MR) is 76.4 cm³/mol. The zero-order chi connectivity index (χ0) is 14.4. The third kappa shape index (κ3) is 3.85. The highest BCUT2D eigenvalue weighted by Crippen LogP contribution is 2.15. The summed E-state index contributed by atoms with van der Waals surface area (Å²) in [6, 6.07) is 11.1. The number of nitrogens with zero attached hydrogens (tertiary/aromatic N) is 1. The van der Waals surface area contributed by atoms with Crippen molar-refractivity contribution in [3.63, 3.8) is 0 Å². The van der Waals surface area contributed by atoms with Crippen LogP contribution >= 0.6 is 0 Å². The summed E-state index contributed by atoms with van der Waals surface area (Å²) < 4.78 is 12.9. The molecule has 0 aliphatic carbocycles. The van der Waals surface area contributed by atoms with Crippen LogP contribution in [0.2, 0.25) is 0 Å². The molecule has 1 heterocycles. The molecule has 0 radical (unpaired) electrons. The van der Waals surface area contributed by atoms with Gasteiger partial charge in [-0.1, -0.05) is 31.2 Å². The van der Waals surface area contributed by atoms with Gasteiger partial charge in [-0.2, -0.15) is 0 Å². The Morgan fingerprint density at radius 2 is 1.85 bits per heavy atom. The average molecular weight is 274 g/mol. The first-order valence-electron chi connectivity index (χ1n) is 6.76. The molecule has 20 heavy (non-hydrogen) atoms. The van der Waals surface area contributed by atoms with Gasteiger partial charge in [0, 0.05) is 12.6 Å². The van der Waals surface area contributed by atoms with Crippen LogP contribution in [0.4, 0.5) is 4.39 Å². The number of aliphatic hydroxyl groups is 1. The van der Waals surface area contributed by atoms with Gasteiger partial charge in [-0.3, -0.25) is 4.98 Å². The maximum absolute atomic E-state index is 12.9. The van der Waals surface area contributed by atoms with Crippen LogP contribution in [0.3, 0.4) is 0 Å². The van der Waals surface area contributed by atoms with Crippen LogP contribution < -0.4 is 5.32 Å². The summed E-state index contributed by atoms with van der Waals surface area (Å²) in [5.41, 5.74) is 2.89. The maximum Gasteiger partial charge on any atom is 0.141 e. The Hall–Kier alpha value is -1.78. The Labute approximate surface area is 118 Å². The van der Waals surface area contributed by atoms with Gasteiger partial charge in [-0.25, -0.2) is 4.39 Å². The van der Waals surface area contributed by atoms with E-state index in [1.54, 1.807) is 6.07 Å². The van der Waals surface area contributed by atoms with Crippen LogP contribution in [0.5, 0.6) is 0 Å². The second-order valence-electron chi connectivity index (χ2n) is 4.72. The number of hydrogen-bond acceptors (Lipinski definition) is 3. The van der Waals surface area contributed by atoms with E-state index in [0.717, 1.165) is 23.2 Å². The van der Waals surface area contributed by atoms with Gasteiger partial charge < -0.3 is 10.4 Å². The third-order valence-corrected chi connectivity index (χ3v) is 3.27. The molecule has 3 nitrogen and oxygen atoms in total. The first-order chi connectivity index (χ1) is 9.72. The first kappa shape index (κ1) is 14.6. The zero-order valence-electron chi connectivity index (χ0n) is 11.5. The molecule has 4 heteroatoms. The van der Waals surface area contributed by atoms with E-state index < -0.39 is 0 Å². The second kappa shape index (κ2) is 7.12. The fourth-order valence-electron chi connectivity index (χ4n) is 2.06. The first-order valence-corrected chi connectivity index (χ1v) is 6.76. The van der Waals surface area contributed by atoms with Gasteiger partial charge in [0.1, 0.15) is 5.82 Å². The highest BCUT2D eigenvalue weighted by atomic mass is 19.1. The lowest BCUT2D eigenvalue weighted by Crippen LogP contribution is -2.21. The molecule has 1 aromatic heterocycles. The number of aliphatic hydroxyl groups excluding tert-OH is 1. The monoisotopic (exact) mass is 274 g/mol. The van der Waals surface area contributed by atoms with E-state index in [0.29, 0.717) is 6.54 Å². The minimum Gasteiger partial charge on any atom is -0.392 e. The predicted octanol–water partition coefficient (Wildman–Crippen LogP) is 2.95. The number of benzene rings is 1. The molecule has 0 amide bonds. The number of hydrogen-bond donors (Lipinski definition) is 2. The van der Waals surface area contributed by atoms with Crippen molar-refractivity contribution in [3.8, 4) is 0 Å². The average Bonchev–Trinajstić information content (AvgIpc) is 2.50. The van der Waals surface area contributed by atoms with Crippen LogP contribution in [-0.2, 0) is 13.2 Å². The van der Waals surface area contributed by atoms with E-state index in [-0.39, 0.29) is 18.5 Å². The van der Waals surface area contributed by atoms with Gasteiger partial charge in [-0.05, 0) is 29.7 Å². The molecule has 2 N–H and O–H groups in total. The Morgan fingerprint density at radius 3 is 2.40 bits per heavy atom. The topological polar surface area (TPSA) is 45.1 Å². The molecule has 0 fully saturated rings. The number of nitrogens with one attached hydrogen (secondary N) is 1.